The van der Waals surface area contributed by atoms with Gasteiger partial charge in [0.05, 0.1) is 16.8 Å². The summed E-state index contributed by atoms with van der Waals surface area (Å²) in [6, 6.07) is 18.8. The number of hydrogen-bond donors (Lipinski definition) is 2. The van der Waals surface area contributed by atoms with Crippen molar-refractivity contribution in [2.75, 3.05) is 17.2 Å². The lowest BCUT2D eigenvalue weighted by atomic mass is 9.72. The van der Waals surface area contributed by atoms with Crippen molar-refractivity contribution in [3.63, 3.8) is 0 Å². The average Bonchev–Trinajstić information content (AvgIpc) is 3.19. The van der Waals surface area contributed by atoms with Gasteiger partial charge in [0.2, 0.25) is 0 Å². The van der Waals surface area contributed by atoms with Crippen LogP contribution in [0.3, 0.4) is 0 Å². The summed E-state index contributed by atoms with van der Waals surface area (Å²) in [5, 5.41) is 16.3. The molecule has 1 amide bonds. The first kappa shape index (κ1) is 24.5. The maximum absolute atomic E-state index is 12.7. The highest BCUT2D eigenvalue weighted by Crippen LogP contribution is 2.44. The van der Waals surface area contributed by atoms with Crippen LogP contribution in [0.25, 0.3) is 0 Å². The highest BCUT2D eigenvalue weighted by Gasteiger charge is 2.32. The largest absolute Gasteiger partial charge is 0.452 e. The lowest BCUT2D eigenvalue weighted by Crippen LogP contribution is -2.26. The smallest absolute Gasteiger partial charge is 0.340 e. The molecule has 0 radical (unpaired) electrons. The minimum atomic E-state index is -0.599. The fourth-order valence-corrected chi connectivity index (χ4v) is 5.64. The van der Waals surface area contributed by atoms with Crippen molar-refractivity contribution < 1.29 is 14.3 Å². The predicted octanol–water partition coefficient (Wildman–Crippen LogP) is 6.31. The van der Waals surface area contributed by atoms with E-state index in [2.05, 4.69) is 37.5 Å². The molecule has 35 heavy (non-hydrogen) atoms. The van der Waals surface area contributed by atoms with Crippen molar-refractivity contribution in [1.29, 1.82) is 5.26 Å². The summed E-state index contributed by atoms with van der Waals surface area (Å²) in [5.74, 6) is -0.526. The van der Waals surface area contributed by atoms with Crippen LogP contribution in [0.4, 0.5) is 16.4 Å². The lowest BCUT2D eigenvalue weighted by molar-refractivity contribution is -0.119. The van der Waals surface area contributed by atoms with Crippen LogP contribution in [-0.2, 0) is 22.4 Å². The zero-order valence-corrected chi connectivity index (χ0v) is 21.0. The Morgan fingerprint density at radius 3 is 2.54 bits per heavy atom. The molecule has 3 aromatic rings. The maximum atomic E-state index is 12.7. The first-order valence-corrected chi connectivity index (χ1v) is 12.5. The summed E-state index contributed by atoms with van der Waals surface area (Å²) in [4.78, 5) is 26.5. The number of thiophene rings is 1. The van der Waals surface area contributed by atoms with Crippen LogP contribution in [0.2, 0.25) is 0 Å². The molecule has 2 N–H and O–H groups in total. The van der Waals surface area contributed by atoms with Gasteiger partial charge in [-0.05, 0) is 60.4 Å². The number of carbonyl (C=O) groups excluding carboxylic acids is 2. The van der Waals surface area contributed by atoms with Crippen LogP contribution in [0, 0.1) is 22.7 Å². The van der Waals surface area contributed by atoms with E-state index in [-0.39, 0.29) is 5.41 Å². The Kier molecular flexibility index (Phi) is 7.23. The highest BCUT2D eigenvalue weighted by molar-refractivity contribution is 7.16. The molecule has 1 unspecified atom stereocenters. The van der Waals surface area contributed by atoms with Crippen molar-refractivity contribution >= 4 is 39.6 Å². The highest BCUT2D eigenvalue weighted by atomic mass is 32.1. The van der Waals surface area contributed by atoms with Crippen molar-refractivity contribution in [2.45, 2.75) is 40.0 Å². The second-order valence-corrected chi connectivity index (χ2v) is 10.9. The molecular formula is C28H29N3O3S. The Morgan fingerprint density at radius 1 is 1.11 bits per heavy atom. The van der Waals surface area contributed by atoms with Gasteiger partial charge in [-0.15, -0.1) is 11.3 Å². The molecular weight excluding hydrogens is 458 g/mol. The molecule has 0 bridgehead atoms. The molecule has 0 saturated carbocycles. The fourth-order valence-electron chi connectivity index (χ4n) is 4.35. The average molecular weight is 488 g/mol. The van der Waals surface area contributed by atoms with E-state index in [1.807, 2.05) is 36.4 Å². The third-order valence-corrected chi connectivity index (χ3v) is 7.56. The molecule has 7 heteroatoms. The van der Waals surface area contributed by atoms with Crippen LogP contribution >= 0.6 is 11.3 Å². The number of esters is 1. The Balaban J connectivity index is 1.41. The number of para-hydroxylation sites is 2. The van der Waals surface area contributed by atoms with E-state index in [0.717, 1.165) is 30.5 Å². The van der Waals surface area contributed by atoms with Gasteiger partial charge in [-0.25, -0.2) is 4.79 Å². The maximum Gasteiger partial charge on any atom is 0.340 e. The number of nitriles is 1. The quantitative estimate of drug-likeness (QED) is 0.398. The fraction of sp³-hybridized carbons (Fsp3) is 0.321. The first-order valence-electron chi connectivity index (χ1n) is 11.7. The normalized spacial score (nSPS) is 15.0. The Hall–Kier alpha value is -3.63. The number of nitrogens with one attached hydrogen (secondary N) is 2. The summed E-state index contributed by atoms with van der Waals surface area (Å²) in [7, 11) is 0. The number of fused-ring (bicyclic) bond motifs is 1. The van der Waals surface area contributed by atoms with Crippen LogP contribution in [-0.4, -0.2) is 18.5 Å². The minimum absolute atomic E-state index is 0.192. The van der Waals surface area contributed by atoms with Gasteiger partial charge >= 0.3 is 5.97 Å². The molecule has 180 valence electrons. The van der Waals surface area contributed by atoms with Crippen molar-refractivity contribution in [2.24, 2.45) is 11.3 Å². The van der Waals surface area contributed by atoms with Gasteiger partial charge < -0.3 is 15.4 Å². The second-order valence-electron chi connectivity index (χ2n) is 9.79. The Labute approximate surface area is 209 Å². The molecule has 4 rings (SSSR count). The van der Waals surface area contributed by atoms with Gasteiger partial charge in [-0.2, -0.15) is 5.26 Å². The van der Waals surface area contributed by atoms with Crippen molar-refractivity contribution in [1.82, 2.24) is 0 Å². The van der Waals surface area contributed by atoms with Crippen molar-refractivity contribution in [3.05, 3.63) is 76.2 Å². The number of carbonyl (C=O) groups is 2. The molecule has 1 aliphatic carbocycles. The van der Waals surface area contributed by atoms with E-state index in [4.69, 9.17) is 4.74 Å². The SMILES string of the molecule is CC(C)(C)C1CCc2c(sc(NC(=O)COC(=O)c3ccccc3Nc3ccccc3)c2C#N)C1. The molecule has 0 aliphatic heterocycles. The van der Waals surface area contributed by atoms with Gasteiger partial charge in [-0.3, -0.25) is 4.79 Å². The van der Waals surface area contributed by atoms with Crippen molar-refractivity contribution in [3.8, 4) is 6.07 Å². The van der Waals surface area contributed by atoms with E-state index in [0.29, 0.717) is 27.7 Å². The molecule has 1 atom stereocenters. The predicted molar refractivity (Wildman–Crippen MR) is 139 cm³/mol. The summed E-state index contributed by atoms with van der Waals surface area (Å²) >= 11 is 1.46. The van der Waals surface area contributed by atoms with Crippen LogP contribution in [0.5, 0.6) is 0 Å². The first-order chi connectivity index (χ1) is 16.8. The molecule has 0 saturated heterocycles. The molecule has 1 heterocycles. The van der Waals surface area contributed by atoms with Gasteiger partial charge in [-0.1, -0.05) is 51.1 Å². The topological polar surface area (TPSA) is 91.2 Å². The number of rotatable bonds is 6. The molecule has 6 nitrogen and oxygen atoms in total. The van der Waals surface area contributed by atoms with Crippen LogP contribution in [0.1, 0.15) is 53.6 Å². The zero-order chi connectivity index (χ0) is 25.0. The minimum Gasteiger partial charge on any atom is -0.452 e. The van der Waals surface area contributed by atoms with E-state index >= 15 is 0 Å². The number of ether oxygens (including phenoxy) is 1. The van der Waals surface area contributed by atoms with Gasteiger partial charge in [0.1, 0.15) is 11.1 Å². The molecule has 1 aliphatic rings. The van der Waals surface area contributed by atoms with Crippen LogP contribution in [0.15, 0.2) is 54.6 Å². The van der Waals surface area contributed by atoms with E-state index in [1.54, 1.807) is 18.2 Å². The summed E-state index contributed by atoms with van der Waals surface area (Å²) in [6.45, 7) is 6.29. The number of nitrogens with zero attached hydrogens (tertiary/aromatic N) is 1. The second kappa shape index (κ2) is 10.3. The standard InChI is InChI=1S/C28H29N3O3S/c1-28(2,3)18-13-14-20-22(16-29)26(35-24(20)15-18)31-25(32)17-34-27(33)21-11-7-8-12-23(21)30-19-9-5-4-6-10-19/h4-12,18,30H,13-15,17H2,1-3H3,(H,31,32). The Morgan fingerprint density at radius 2 is 1.83 bits per heavy atom. The van der Waals surface area contributed by atoms with Gasteiger partial charge in [0.15, 0.2) is 6.61 Å². The van der Waals surface area contributed by atoms with Gasteiger partial charge in [0.25, 0.3) is 5.91 Å². The van der Waals surface area contributed by atoms with Gasteiger partial charge in [0, 0.05) is 10.6 Å². The van der Waals surface area contributed by atoms with E-state index in [9.17, 15) is 14.9 Å². The summed E-state index contributed by atoms with van der Waals surface area (Å²) < 4.78 is 5.31. The number of anilines is 3. The molecule has 2 aromatic carbocycles. The summed E-state index contributed by atoms with van der Waals surface area (Å²) in [5.41, 5.74) is 3.54. The Bertz CT molecular complexity index is 1270. The summed E-state index contributed by atoms with van der Waals surface area (Å²) in [6.07, 6.45) is 2.78. The van der Waals surface area contributed by atoms with E-state index in [1.165, 1.54) is 16.2 Å². The van der Waals surface area contributed by atoms with Crippen LogP contribution < -0.4 is 10.6 Å². The monoisotopic (exact) mass is 487 g/mol. The number of amides is 1. The third kappa shape index (κ3) is 5.72. The number of hydrogen-bond acceptors (Lipinski definition) is 6. The molecule has 1 aromatic heterocycles. The number of benzene rings is 2. The molecule has 0 spiro atoms. The lowest BCUT2D eigenvalue weighted by Gasteiger charge is -2.33. The zero-order valence-electron chi connectivity index (χ0n) is 20.2. The third-order valence-electron chi connectivity index (χ3n) is 6.39. The van der Waals surface area contributed by atoms with E-state index < -0.39 is 18.5 Å². The molecule has 0 fully saturated rings.